The minimum Gasteiger partial charge on any atom is -0.326 e. The van der Waals surface area contributed by atoms with E-state index in [-0.39, 0.29) is 22.8 Å². The van der Waals surface area contributed by atoms with Crippen molar-refractivity contribution in [2.45, 2.75) is 69.7 Å². The topological polar surface area (TPSA) is 87.3 Å². The fraction of sp³-hybridized carbons (Fsp3) is 0.667. The maximum absolute atomic E-state index is 12.8. The van der Waals surface area contributed by atoms with Gasteiger partial charge in [-0.05, 0) is 82.3 Å². The molecule has 2 aliphatic rings. The summed E-state index contributed by atoms with van der Waals surface area (Å²) < 4.78 is 28.4. The van der Waals surface area contributed by atoms with Crippen LogP contribution in [0.3, 0.4) is 0 Å². The zero-order valence-electron chi connectivity index (χ0n) is 17.0. The number of carbonyl (C=O) groups excluding carboxylic acids is 1. The zero-order chi connectivity index (χ0) is 20.1. The molecule has 156 valence electrons. The number of piperidine rings is 1. The summed E-state index contributed by atoms with van der Waals surface area (Å²) in [5, 5.41) is 6.30. The van der Waals surface area contributed by atoms with Crippen LogP contribution in [-0.4, -0.2) is 33.5 Å². The van der Waals surface area contributed by atoms with Crippen molar-refractivity contribution in [2.75, 3.05) is 18.4 Å². The van der Waals surface area contributed by atoms with Crippen molar-refractivity contribution >= 4 is 21.6 Å². The van der Waals surface area contributed by atoms with E-state index in [1.807, 2.05) is 13.8 Å². The Morgan fingerprint density at radius 1 is 1.11 bits per heavy atom. The first-order valence-corrected chi connectivity index (χ1v) is 12.0. The lowest BCUT2D eigenvalue weighted by molar-refractivity contribution is -0.120. The number of amides is 1. The van der Waals surface area contributed by atoms with Gasteiger partial charge in [0.05, 0.1) is 4.90 Å². The number of rotatable bonds is 6. The van der Waals surface area contributed by atoms with E-state index in [1.165, 1.54) is 6.42 Å². The molecule has 0 spiro atoms. The molecule has 1 aromatic rings. The van der Waals surface area contributed by atoms with Gasteiger partial charge in [0, 0.05) is 17.6 Å². The Balaban J connectivity index is 1.65. The van der Waals surface area contributed by atoms with Crippen molar-refractivity contribution in [3.05, 3.63) is 23.8 Å². The number of hydrogen-bond acceptors (Lipinski definition) is 4. The van der Waals surface area contributed by atoms with Crippen molar-refractivity contribution in [3.8, 4) is 0 Å². The van der Waals surface area contributed by atoms with Crippen LogP contribution in [0.15, 0.2) is 23.1 Å². The largest absolute Gasteiger partial charge is 0.326 e. The summed E-state index contributed by atoms with van der Waals surface area (Å²) in [4.78, 5) is 12.7. The van der Waals surface area contributed by atoms with Gasteiger partial charge in [0.25, 0.3) is 0 Å². The van der Waals surface area contributed by atoms with Crippen LogP contribution < -0.4 is 15.4 Å². The summed E-state index contributed by atoms with van der Waals surface area (Å²) in [6.45, 7) is 5.65. The normalized spacial score (nSPS) is 20.6. The Kier molecular flexibility index (Phi) is 7.12. The summed E-state index contributed by atoms with van der Waals surface area (Å²) >= 11 is 0. The van der Waals surface area contributed by atoms with E-state index in [1.54, 1.807) is 18.2 Å². The van der Waals surface area contributed by atoms with Gasteiger partial charge in [-0.3, -0.25) is 4.79 Å². The molecule has 0 aromatic heterocycles. The second kappa shape index (κ2) is 9.37. The van der Waals surface area contributed by atoms with Gasteiger partial charge in [-0.2, -0.15) is 0 Å². The minimum atomic E-state index is -3.58. The second-order valence-corrected chi connectivity index (χ2v) is 10.0. The molecule has 28 heavy (non-hydrogen) atoms. The van der Waals surface area contributed by atoms with Gasteiger partial charge in [-0.1, -0.05) is 19.3 Å². The zero-order valence-corrected chi connectivity index (χ0v) is 17.8. The van der Waals surface area contributed by atoms with E-state index in [0.717, 1.165) is 57.2 Å². The van der Waals surface area contributed by atoms with Crippen LogP contribution in [-0.2, 0) is 14.8 Å². The maximum Gasteiger partial charge on any atom is 0.240 e. The number of sulfonamides is 1. The molecule has 3 N–H and O–H groups in total. The molecular formula is C21H33N3O3S. The fourth-order valence-corrected chi connectivity index (χ4v) is 5.69. The van der Waals surface area contributed by atoms with Crippen LogP contribution in [0.25, 0.3) is 0 Å². The minimum absolute atomic E-state index is 0.0519. The predicted molar refractivity (Wildman–Crippen MR) is 112 cm³/mol. The first-order valence-electron chi connectivity index (χ1n) is 10.5. The molecule has 1 aliphatic heterocycles. The van der Waals surface area contributed by atoms with E-state index in [2.05, 4.69) is 15.4 Å². The predicted octanol–water partition coefficient (Wildman–Crippen LogP) is 3.18. The molecule has 2 fully saturated rings. The van der Waals surface area contributed by atoms with Crippen molar-refractivity contribution in [1.29, 1.82) is 0 Å². The molecule has 1 aromatic carbocycles. The first-order chi connectivity index (χ1) is 13.4. The molecule has 1 amide bonds. The molecule has 1 aliphatic carbocycles. The second-order valence-electron chi connectivity index (χ2n) is 8.30. The molecule has 0 bridgehead atoms. The van der Waals surface area contributed by atoms with E-state index in [4.69, 9.17) is 0 Å². The number of nitrogens with one attached hydrogen (secondary N) is 3. The molecule has 6 nitrogen and oxygen atoms in total. The van der Waals surface area contributed by atoms with Crippen molar-refractivity contribution in [3.63, 3.8) is 0 Å². The third-order valence-electron chi connectivity index (χ3n) is 6.17. The highest BCUT2D eigenvalue weighted by atomic mass is 32.2. The van der Waals surface area contributed by atoms with Gasteiger partial charge in [0.1, 0.15) is 0 Å². The molecule has 7 heteroatoms. The fourth-order valence-electron chi connectivity index (χ4n) is 4.30. The van der Waals surface area contributed by atoms with Crippen molar-refractivity contribution in [2.24, 2.45) is 11.8 Å². The number of aryl methyl sites for hydroxylation is 1. The highest BCUT2D eigenvalue weighted by molar-refractivity contribution is 7.89. The summed E-state index contributed by atoms with van der Waals surface area (Å²) in [7, 11) is -3.58. The van der Waals surface area contributed by atoms with Crippen LogP contribution in [0.5, 0.6) is 0 Å². The number of anilines is 1. The Hall–Kier alpha value is -1.44. The summed E-state index contributed by atoms with van der Waals surface area (Å²) in [6.07, 6.45) is 7.26. The van der Waals surface area contributed by atoms with E-state index >= 15 is 0 Å². The number of hydrogen-bond donors (Lipinski definition) is 3. The van der Waals surface area contributed by atoms with Crippen LogP contribution in [0.4, 0.5) is 5.69 Å². The number of carbonyl (C=O) groups is 1. The molecule has 0 unspecified atom stereocenters. The average molecular weight is 408 g/mol. The Morgan fingerprint density at radius 2 is 1.79 bits per heavy atom. The highest BCUT2D eigenvalue weighted by Crippen LogP contribution is 2.27. The molecule has 0 radical (unpaired) electrons. The van der Waals surface area contributed by atoms with Gasteiger partial charge < -0.3 is 10.6 Å². The van der Waals surface area contributed by atoms with Crippen LogP contribution in [0, 0.1) is 18.8 Å². The Bertz CT molecular complexity index is 782. The van der Waals surface area contributed by atoms with Crippen molar-refractivity contribution in [1.82, 2.24) is 10.0 Å². The Labute approximate surface area is 168 Å². The average Bonchev–Trinajstić information content (AvgIpc) is 2.70. The van der Waals surface area contributed by atoms with E-state index in [9.17, 15) is 13.2 Å². The third-order valence-corrected chi connectivity index (χ3v) is 7.73. The van der Waals surface area contributed by atoms with Crippen molar-refractivity contribution < 1.29 is 13.2 Å². The molecule has 1 heterocycles. The smallest absolute Gasteiger partial charge is 0.240 e. The standard InChI is InChI=1S/C21H33N3O3S/c1-15-14-19(28(26,27)24-16(2)17-10-12-22-13-11-17)8-9-20(15)23-21(25)18-6-4-3-5-7-18/h8-9,14,16-18,22,24H,3-7,10-13H2,1-2H3,(H,23,25)/t16-/m1/s1. The quantitative estimate of drug-likeness (QED) is 0.676. The number of benzene rings is 1. The summed E-state index contributed by atoms with van der Waals surface area (Å²) in [6, 6.07) is 4.84. The van der Waals surface area contributed by atoms with E-state index < -0.39 is 10.0 Å². The van der Waals surface area contributed by atoms with Gasteiger partial charge in [0.2, 0.25) is 15.9 Å². The lowest BCUT2D eigenvalue weighted by atomic mass is 9.88. The molecular weight excluding hydrogens is 374 g/mol. The molecule has 1 atom stereocenters. The van der Waals surface area contributed by atoms with Gasteiger partial charge in [0.15, 0.2) is 0 Å². The van der Waals surface area contributed by atoms with Gasteiger partial charge >= 0.3 is 0 Å². The third kappa shape index (κ3) is 5.33. The maximum atomic E-state index is 12.8. The molecule has 1 saturated carbocycles. The molecule has 1 saturated heterocycles. The molecule has 3 rings (SSSR count). The Morgan fingerprint density at radius 3 is 2.43 bits per heavy atom. The van der Waals surface area contributed by atoms with Crippen LogP contribution in [0.2, 0.25) is 0 Å². The van der Waals surface area contributed by atoms with Crippen LogP contribution >= 0.6 is 0 Å². The summed E-state index contributed by atoms with van der Waals surface area (Å²) in [5.41, 5.74) is 1.46. The van der Waals surface area contributed by atoms with Crippen LogP contribution in [0.1, 0.15) is 57.4 Å². The van der Waals surface area contributed by atoms with Gasteiger partial charge in [-0.15, -0.1) is 0 Å². The van der Waals surface area contributed by atoms with Gasteiger partial charge in [-0.25, -0.2) is 13.1 Å². The van der Waals surface area contributed by atoms with E-state index in [0.29, 0.717) is 11.6 Å². The monoisotopic (exact) mass is 407 g/mol. The first kappa shape index (κ1) is 21.3. The lowest BCUT2D eigenvalue weighted by Gasteiger charge is -2.28. The lowest BCUT2D eigenvalue weighted by Crippen LogP contribution is -2.42. The SMILES string of the molecule is Cc1cc(S(=O)(=O)N[C@H](C)C2CCNCC2)ccc1NC(=O)C1CCCCC1. The highest BCUT2D eigenvalue weighted by Gasteiger charge is 2.26. The summed E-state index contributed by atoms with van der Waals surface area (Å²) in [5.74, 6) is 0.478.